The Kier molecular flexibility index (Phi) is 4.82. The summed E-state index contributed by atoms with van der Waals surface area (Å²) in [5, 5.41) is 3.86. The lowest BCUT2D eigenvalue weighted by molar-refractivity contribution is 0.521. The molecular weight excluding hydrogens is 294 g/mol. The summed E-state index contributed by atoms with van der Waals surface area (Å²) in [7, 11) is -0.377. The highest BCUT2D eigenvalue weighted by molar-refractivity contribution is 8.00. The van der Waals surface area contributed by atoms with Gasteiger partial charge in [-0.1, -0.05) is 0 Å². The number of hydrogen-bond acceptors (Lipinski definition) is 5. The van der Waals surface area contributed by atoms with Crippen molar-refractivity contribution in [1.29, 1.82) is 0 Å². The highest BCUT2D eigenvalue weighted by Gasteiger charge is 2.19. The van der Waals surface area contributed by atoms with Crippen LogP contribution in [-0.4, -0.2) is 44.4 Å². The maximum absolute atomic E-state index is 12.1. The number of nitrogen functional groups attached to an aromatic ring is 1. The van der Waals surface area contributed by atoms with Gasteiger partial charge in [-0.25, -0.2) is 12.7 Å². The van der Waals surface area contributed by atoms with Crippen LogP contribution >= 0.6 is 11.8 Å². The lowest BCUT2D eigenvalue weighted by atomic mass is 10.2. The van der Waals surface area contributed by atoms with Gasteiger partial charge in [0.1, 0.15) is 0 Å². The van der Waals surface area contributed by atoms with Gasteiger partial charge in [-0.3, -0.25) is 0 Å². The Morgan fingerprint density at radius 1 is 1.45 bits per heavy atom. The van der Waals surface area contributed by atoms with Gasteiger partial charge in [0.25, 0.3) is 0 Å². The van der Waals surface area contributed by atoms with Crippen molar-refractivity contribution >= 4 is 33.2 Å². The first-order valence-corrected chi connectivity index (χ1v) is 9.07. The molecule has 1 fully saturated rings. The minimum atomic E-state index is -3.42. The van der Waals surface area contributed by atoms with E-state index in [0.29, 0.717) is 16.6 Å². The molecule has 0 spiro atoms. The molecule has 5 nitrogen and oxygen atoms in total. The number of rotatable bonds is 5. The monoisotopic (exact) mass is 315 g/mol. The molecular formula is C13H21N3O2S2. The zero-order chi connectivity index (χ0) is 14.8. The molecule has 0 bridgehead atoms. The fourth-order valence-corrected chi connectivity index (χ4v) is 4.22. The molecule has 0 aliphatic carbocycles. The zero-order valence-electron chi connectivity index (χ0n) is 11.8. The normalized spacial score (nSPS) is 19.4. The van der Waals surface area contributed by atoms with E-state index in [4.69, 9.17) is 5.73 Å². The van der Waals surface area contributed by atoms with Crippen molar-refractivity contribution < 1.29 is 8.42 Å². The minimum absolute atomic E-state index is 0.262. The molecule has 0 radical (unpaired) electrons. The number of sulfonamides is 1. The first kappa shape index (κ1) is 15.5. The van der Waals surface area contributed by atoms with Gasteiger partial charge in [-0.15, -0.1) is 0 Å². The van der Waals surface area contributed by atoms with Gasteiger partial charge in [0, 0.05) is 25.9 Å². The molecule has 1 heterocycles. The number of nitrogens with one attached hydrogen (secondary N) is 1. The highest BCUT2D eigenvalue weighted by Crippen LogP contribution is 2.28. The van der Waals surface area contributed by atoms with Gasteiger partial charge >= 0.3 is 0 Å². The fraction of sp³-hybridized carbons (Fsp3) is 0.538. The highest BCUT2D eigenvalue weighted by atomic mass is 32.2. The summed E-state index contributed by atoms with van der Waals surface area (Å²) in [5.41, 5.74) is 7.19. The second-order valence-corrected chi connectivity index (χ2v) is 8.61. The summed E-state index contributed by atoms with van der Waals surface area (Å²) in [5.74, 6) is 1.21. The van der Waals surface area contributed by atoms with Crippen molar-refractivity contribution in [3.05, 3.63) is 18.2 Å². The summed E-state index contributed by atoms with van der Waals surface area (Å²) < 4.78 is 25.4. The van der Waals surface area contributed by atoms with Crippen molar-refractivity contribution in [3.63, 3.8) is 0 Å². The summed E-state index contributed by atoms with van der Waals surface area (Å²) in [6.45, 7) is 0.820. The van der Waals surface area contributed by atoms with Crippen LogP contribution in [0.25, 0.3) is 0 Å². The third kappa shape index (κ3) is 3.39. The van der Waals surface area contributed by atoms with Gasteiger partial charge in [-0.2, -0.15) is 11.8 Å². The second kappa shape index (κ2) is 6.24. The summed E-state index contributed by atoms with van der Waals surface area (Å²) in [6, 6.07) is 4.80. The van der Waals surface area contributed by atoms with E-state index in [1.54, 1.807) is 18.2 Å². The second-order valence-electron chi connectivity index (χ2n) is 5.05. The molecule has 1 atom stereocenters. The van der Waals surface area contributed by atoms with Gasteiger partial charge in [0.05, 0.1) is 16.3 Å². The van der Waals surface area contributed by atoms with Gasteiger partial charge in [0.2, 0.25) is 10.0 Å². The molecule has 1 unspecified atom stereocenters. The van der Waals surface area contributed by atoms with Crippen LogP contribution in [0.1, 0.15) is 12.8 Å². The number of benzene rings is 1. The Morgan fingerprint density at radius 3 is 2.80 bits per heavy atom. The molecule has 0 amide bonds. The number of thioether (sulfide) groups is 1. The molecule has 1 aliphatic heterocycles. The van der Waals surface area contributed by atoms with E-state index in [9.17, 15) is 8.42 Å². The summed E-state index contributed by atoms with van der Waals surface area (Å²) >= 11 is 1.95. The Bertz CT molecular complexity index is 567. The van der Waals surface area contributed by atoms with E-state index in [-0.39, 0.29) is 4.90 Å². The van der Waals surface area contributed by atoms with Crippen molar-refractivity contribution in [2.45, 2.75) is 23.0 Å². The predicted molar refractivity (Wildman–Crippen MR) is 85.7 cm³/mol. The molecule has 3 N–H and O–H groups in total. The fourth-order valence-electron chi connectivity index (χ4n) is 2.09. The van der Waals surface area contributed by atoms with E-state index in [0.717, 1.165) is 6.54 Å². The molecule has 20 heavy (non-hydrogen) atoms. The van der Waals surface area contributed by atoms with Crippen LogP contribution < -0.4 is 11.1 Å². The smallest absolute Gasteiger partial charge is 0.242 e. The number of hydrogen-bond donors (Lipinski definition) is 2. The van der Waals surface area contributed by atoms with Gasteiger partial charge in [-0.05, 0) is 36.8 Å². The average Bonchev–Trinajstić information content (AvgIpc) is 2.90. The van der Waals surface area contributed by atoms with Crippen LogP contribution in [0.5, 0.6) is 0 Å². The average molecular weight is 315 g/mol. The minimum Gasteiger partial charge on any atom is -0.397 e. The SMILES string of the molecule is CN(C)S(=O)(=O)c1ccc(N)c(NCC2CCCS2)c1. The third-order valence-electron chi connectivity index (χ3n) is 3.35. The van der Waals surface area contributed by atoms with Crippen molar-refractivity contribution in [2.24, 2.45) is 0 Å². The summed E-state index contributed by atoms with van der Waals surface area (Å²) in [4.78, 5) is 0.262. The molecule has 1 aromatic rings. The van der Waals surface area contributed by atoms with Crippen molar-refractivity contribution in [2.75, 3.05) is 37.4 Å². The van der Waals surface area contributed by atoms with Crippen LogP contribution in [0.2, 0.25) is 0 Å². The first-order valence-electron chi connectivity index (χ1n) is 6.59. The van der Waals surface area contributed by atoms with Crippen LogP contribution in [0.15, 0.2) is 23.1 Å². The van der Waals surface area contributed by atoms with E-state index >= 15 is 0 Å². The molecule has 112 valence electrons. The predicted octanol–water partition coefficient (Wildman–Crippen LogP) is 1.83. The molecule has 1 aliphatic rings. The number of nitrogens with two attached hydrogens (primary N) is 1. The largest absolute Gasteiger partial charge is 0.397 e. The molecule has 1 aromatic carbocycles. The molecule has 0 aromatic heterocycles. The van der Waals surface area contributed by atoms with E-state index < -0.39 is 10.0 Å². The molecule has 0 saturated carbocycles. The lowest BCUT2D eigenvalue weighted by Crippen LogP contribution is -2.22. The van der Waals surface area contributed by atoms with Crippen LogP contribution in [0, 0.1) is 0 Å². The van der Waals surface area contributed by atoms with Gasteiger partial charge in [0.15, 0.2) is 0 Å². The quantitative estimate of drug-likeness (QED) is 0.811. The number of anilines is 2. The lowest BCUT2D eigenvalue weighted by Gasteiger charge is -2.16. The van der Waals surface area contributed by atoms with Gasteiger partial charge < -0.3 is 11.1 Å². The topological polar surface area (TPSA) is 75.4 Å². The first-order chi connectivity index (χ1) is 9.41. The third-order valence-corrected chi connectivity index (χ3v) is 6.56. The zero-order valence-corrected chi connectivity index (χ0v) is 13.4. The van der Waals surface area contributed by atoms with Crippen LogP contribution in [0.3, 0.4) is 0 Å². The van der Waals surface area contributed by atoms with E-state index in [1.807, 2.05) is 11.8 Å². The van der Waals surface area contributed by atoms with E-state index in [2.05, 4.69) is 5.32 Å². The molecule has 1 saturated heterocycles. The Balaban J connectivity index is 2.16. The Morgan fingerprint density at radius 2 is 2.20 bits per heavy atom. The van der Waals surface area contributed by atoms with Crippen molar-refractivity contribution in [1.82, 2.24) is 4.31 Å². The Hall–Kier alpha value is -0.920. The number of nitrogens with zero attached hydrogens (tertiary/aromatic N) is 1. The van der Waals surface area contributed by atoms with E-state index in [1.165, 1.54) is 37.0 Å². The maximum atomic E-state index is 12.1. The standard InChI is InChI=1S/C13H21N3O2S2/c1-16(2)20(17,18)11-5-6-12(14)13(8-11)15-9-10-4-3-7-19-10/h5-6,8,10,15H,3-4,7,9,14H2,1-2H3. The molecule has 7 heteroatoms. The Labute approximate surface area is 125 Å². The van der Waals surface area contributed by atoms with Crippen LogP contribution in [0.4, 0.5) is 11.4 Å². The maximum Gasteiger partial charge on any atom is 0.242 e. The molecule has 2 rings (SSSR count). The van der Waals surface area contributed by atoms with Crippen molar-refractivity contribution in [3.8, 4) is 0 Å². The summed E-state index contributed by atoms with van der Waals surface area (Å²) in [6.07, 6.45) is 2.45. The van der Waals surface area contributed by atoms with Crippen LogP contribution in [-0.2, 0) is 10.0 Å².